The van der Waals surface area contributed by atoms with Crippen LogP contribution in [0.4, 0.5) is 0 Å². The van der Waals surface area contributed by atoms with Crippen LogP contribution in [-0.4, -0.2) is 17.9 Å². The van der Waals surface area contributed by atoms with Crippen LogP contribution in [0.5, 0.6) is 0 Å². The molecule has 0 saturated heterocycles. The molecule has 2 aromatic carbocycles. The number of nitrogens with two attached hydrogens (primary N) is 1. The first kappa shape index (κ1) is 15.1. The zero-order chi connectivity index (χ0) is 15.2. The van der Waals surface area contributed by atoms with Gasteiger partial charge in [0, 0.05) is 17.0 Å². The summed E-state index contributed by atoms with van der Waals surface area (Å²) in [7, 11) is 0. The maximum absolute atomic E-state index is 12.1. The number of carbonyl (C=O) groups excluding carboxylic acids is 2. The van der Waals surface area contributed by atoms with E-state index in [9.17, 15) is 9.59 Å². The molecule has 0 saturated carbocycles. The molecule has 1 atom stereocenters. The van der Waals surface area contributed by atoms with Crippen molar-refractivity contribution in [3.8, 4) is 0 Å². The molecule has 1 unspecified atom stereocenters. The molecule has 3 N–H and O–H groups in total. The Bertz CT molecular complexity index is 626. The molecular formula is C16H15ClN2O2. The van der Waals surface area contributed by atoms with Crippen LogP contribution in [0.3, 0.4) is 0 Å². The number of halogens is 1. The minimum atomic E-state index is -0.754. The molecule has 0 fully saturated rings. The van der Waals surface area contributed by atoms with Crippen molar-refractivity contribution in [2.24, 2.45) is 5.73 Å². The number of rotatable bonds is 5. The van der Waals surface area contributed by atoms with Crippen molar-refractivity contribution in [1.29, 1.82) is 0 Å². The highest BCUT2D eigenvalue weighted by molar-refractivity contribution is 6.30. The second-order valence-electron chi connectivity index (χ2n) is 4.63. The number of amides is 2. The van der Waals surface area contributed by atoms with Crippen LogP contribution < -0.4 is 11.1 Å². The van der Waals surface area contributed by atoms with Crippen LogP contribution in [0.25, 0.3) is 0 Å². The van der Waals surface area contributed by atoms with Crippen molar-refractivity contribution >= 4 is 23.4 Å². The van der Waals surface area contributed by atoms with Gasteiger partial charge in [0.05, 0.1) is 0 Å². The summed E-state index contributed by atoms with van der Waals surface area (Å²) in [6, 6.07) is 15.1. The largest absolute Gasteiger partial charge is 0.368 e. The van der Waals surface area contributed by atoms with Gasteiger partial charge >= 0.3 is 0 Å². The number of nitrogens with one attached hydrogen (secondary N) is 1. The van der Waals surface area contributed by atoms with Crippen molar-refractivity contribution in [3.63, 3.8) is 0 Å². The second-order valence-corrected chi connectivity index (χ2v) is 5.06. The van der Waals surface area contributed by atoms with E-state index in [1.165, 1.54) is 0 Å². The van der Waals surface area contributed by atoms with Crippen molar-refractivity contribution in [2.75, 3.05) is 0 Å². The Labute approximate surface area is 127 Å². The first-order valence-electron chi connectivity index (χ1n) is 6.46. The molecule has 0 spiro atoms. The predicted molar refractivity (Wildman–Crippen MR) is 82.0 cm³/mol. The third kappa shape index (κ3) is 4.33. The smallest absolute Gasteiger partial charge is 0.251 e. The van der Waals surface area contributed by atoms with E-state index >= 15 is 0 Å². The molecule has 0 aliphatic carbocycles. The summed E-state index contributed by atoms with van der Waals surface area (Å²) >= 11 is 5.77. The van der Waals surface area contributed by atoms with Gasteiger partial charge in [-0.3, -0.25) is 9.59 Å². The molecule has 0 bridgehead atoms. The maximum Gasteiger partial charge on any atom is 0.251 e. The van der Waals surface area contributed by atoms with Gasteiger partial charge in [0.1, 0.15) is 6.04 Å². The molecule has 0 aliphatic heterocycles. The van der Waals surface area contributed by atoms with E-state index in [-0.39, 0.29) is 5.91 Å². The fraction of sp³-hybridized carbons (Fsp3) is 0.125. The summed E-state index contributed by atoms with van der Waals surface area (Å²) in [5.74, 6) is -0.924. The fourth-order valence-corrected chi connectivity index (χ4v) is 2.04. The quantitative estimate of drug-likeness (QED) is 0.888. The summed E-state index contributed by atoms with van der Waals surface area (Å²) in [5, 5.41) is 3.19. The van der Waals surface area contributed by atoms with E-state index in [0.717, 1.165) is 5.56 Å². The number of primary amides is 1. The average Bonchev–Trinajstić information content (AvgIpc) is 2.48. The Kier molecular flexibility index (Phi) is 4.95. The maximum atomic E-state index is 12.1. The summed E-state index contributed by atoms with van der Waals surface area (Å²) in [5.41, 5.74) is 6.72. The number of benzene rings is 2. The van der Waals surface area contributed by atoms with Crippen LogP contribution in [0, 0.1) is 0 Å². The van der Waals surface area contributed by atoms with E-state index in [2.05, 4.69) is 5.32 Å². The average molecular weight is 303 g/mol. The van der Waals surface area contributed by atoms with E-state index in [0.29, 0.717) is 17.0 Å². The molecule has 108 valence electrons. The Morgan fingerprint density at radius 3 is 2.24 bits per heavy atom. The zero-order valence-corrected chi connectivity index (χ0v) is 12.0. The first-order chi connectivity index (χ1) is 10.1. The van der Waals surface area contributed by atoms with Gasteiger partial charge in [-0.1, -0.05) is 41.9 Å². The highest BCUT2D eigenvalue weighted by atomic mass is 35.5. The van der Waals surface area contributed by atoms with E-state index in [4.69, 9.17) is 17.3 Å². The van der Waals surface area contributed by atoms with Gasteiger partial charge < -0.3 is 11.1 Å². The zero-order valence-electron chi connectivity index (χ0n) is 11.3. The van der Waals surface area contributed by atoms with Crippen LogP contribution >= 0.6 is 11.6 Å². The lowest BCUT2D eigenvalue weighted by molar-refractivity contribution is -0.119. The summed E-state index contributed by atoms with van der Waals surface area (Å²) in [6.07, 6.45) is 0.357. The van der Waals surface area contributed by atoms with Crippen molar-refractivity contribution in [3.05, 3.63) is 70.7 Å². The Hall–Kier alpha value is -2.33. The minimum absolute atomic E-state index is 0.355. The normalized spacial score (nSPS) is 11.7. The van der Waals surface area contributed by atoms with Gasteiger partial charge in [-0.05, 0) is 29.8 Å². The Morgan fingerprint density at radius 2 is 1.67 bits per heavy atom. The van der Waals surface area contributed by atoms with Crippen LogP contribution in [0.2, 0.25) is 5.02 Å². The van der Waals surface area contributed by atoms with Gasteiger partial charge in [-0.25, -0.2) is 0 Å². The third-order valence-electron chi connectivity index (χ3n) is 3.04. The lowest BCUT2D eigenvalue weighted by atomic mass is 10.0. The number of hydrogen-bond donors (Lipinski definition) is 2. The van der Waals surface area contributed by atoms with Crippen molar-refractivity contribution < 1.29 is 9.59 Å². The van der Waals surface area contributed by atoms with Crippen molar-refractivity contribution in [2.45, 2.75) is 12.5 Å². The second kappa shape index (κ2) is 6.90. The highest BCUT2D eigenvalue weighted by Crippen LogP contribution is 2.10. The Balaban J connectivity index is 2.07. The minimum Gasteiger partial charge on any atom is -0.368 e. The molecule has 2 rings (SSSR count). The summed E-state index contributed by atoms with van der Waals surface area (Å²) in [4.78, 5) is 23.6. The topological polar surface area (TPSA) is 72.2 Å². The number of carbonyl (C=O) groups is 2. The fourth-order valence-electron chi connectivity index (χ4n) is 1.92. The van der Waals surface area contributed by atoms with Gasteiger partial charge in [-0.15, -0.1) is 0 Å². The first-order valence-corrected chi connectivity index (χ1v) is 6.84. The van der Waals surface area contributed by atoms with Crippen LogP contribution in [-0.2, 0) is 11.2 Å². The lowest BCUT2D eigenvalue weighted by Crippen LogP contribution is -2.45. The Morgan fingerprint density at radius 1 is 1.05 bits per heavy atom. The summed E-state index contributed by atoms with van der Waals surface area (Å²) in [6.45, 7) is 0. The monoisotopic (exact) mass is 302 g/mol. The van der Waals surface area contributed by atoms with Gasteiger partial charge in [0.15, 0.2) is 0 Å². The van der Waals surface area contributed by atoms with Crippen molar-refractivity contribution in [1.82, 2.24) is 5.32 Å². The van der Waals surface area contributed by atoms with Gasteiger partial charge in [0.2, 0.25) is 5.91 Å². The SMILES string of the molecule is NC(=O)C(Cc1ccccc1)NC(=O)c1ccc(Cl)cc1. The molecule has 2 aromatic rings. The van der Waals surface area contributed by atoms with Gasteiger partial charge in [0.25, 0.3) is 5.91 Å². The highest BCUT2D eigenvalue weighted by Gasteiger charge is 2.19. The molecule has 0 heterocycles. The predicted octanol–water partition coefficient (Wildman–Crippen LogP) is 2.17. The molecule has 0 aromatic heterocycles. The standard InChI is InChI=1S/C16H15ClN2O2/c17-13-8-6-12(7-9-13)16(21)19-14(15(18)20)10-11-4-2-1-3-5-11/h1-9,14H,10H2,(H2,18,20)(H,19,21). The molecule has 21 heavy (non-hydrogen) atoms. The molecule has 5 heteroatoms. The van der Waals surface area contributed by atoms with Crippen LogP contribution in [0.15, 0.2) is 54.6 Å². The van der Waals surface area contributed by atoms with E-state index in [1.54, 1.807) is 24.3 Å². The van der Waals surface area contributed by atoms with E-state index < -0.39 is 11.9 Å². The molecular weight excluding hydrogens is 288 g/mol. The molecule has 4 nitrogen and oxygen atoms in total. The molecule has 0 radical (unpaired) electrons. The van der Waals surface area contributed by atoms with Gasteiger partial charge in [-0.2, -0.15) is 0 Å². The summed E-state index contributed by atoms with van der Waals surface area (Å²) < 4.78 is 0. The van der Waals surface area contributed by atoms with Crippen LogP contribution in [0.1, 0.15) is 15.9 Å². The number of hydrogen-bond acceptors (Lipinski definition) is 2. The molecule has 2 amide bonds. The lowest BCUT2D eigenvalue weighted by Gasteiger charge is -2.15. The third-order valence-corrected chi connectivity index (χ3v) is 3.29. The van der Waals surface area contributed by atoms with E-state index in [1.807, 2.05) is 30.3 Å². The molecule has 0 aliphatic rings.